The summed E-state index contributed by atoms with van der Waals surface area (Å²) < 4.78 is 0. The predicted octanol–water partition coefficient (Wildman–Crippen LogP) is 1.60. The molecule has 0 aliphatic rings. The van der Waals surface area contributed by atoms with Gasteiger partial charge < -0.3 is 11.1 Å². The first-order valence-corrected chi connectivity index (χ1v) is 7.25. The number of amides is 1. The molecule has 108 valence electrons. The number of hydrogen-bond acceptors (Lipinski definition) is 3. The fourth-order valence-electron chi connectivity index (χ4n) is 2.10. The van der Waals surface area contributed by atoms with E-state index in [0.29, 0.717) is 25.0 Å². The second-order valence-electron chi connectivity index (χ2n) is 5.26. The van der Waals surface area contributed by atoms with Crippen molar-refractivity contribution in [3.63, 3.8) is 0 Å². The van der Waals surface area contributed by atoms with E-state index in [0.717, 1.165) is 32.4 Å². The highest BCUT2D eigenvalue weighted by atomic mass is 16.2. The average Bonchev–Trinajstić information content (AvgIpc) is 2.30. The van der Waals surface area contributed by atoms with Gasteiger partial charge in [-0.05, 0) is 25.2 Å². The molecule has 3 N–H and O–H groups in total. The molecule has 0 radical (unpaired) electrons. The third kappa shape index (κ3) is 7.67. The molecule has 0 aromatic carbocycles. The van der Waals surface area contributed by atoms with Crippen LogP contribution in [0.2, 0.25) is 0 Å². The van der Waals surface area contributed by atoms with E-state index in [1.54, 1.807) is 0 Å². The van der Waals surface area contributed by atoms with Crippen molar-refractivity contribution in [1.29, 1.82) is 0 Å². The Hall–Kier alpha value is -0.610. The lowest BCUT2D eigenvalue weighted by molar-refractivity contribution is -0.122. The monoisotopic (exact) mass is 257 g/mol. The molecule has 0 aliphatic carbocycles. The summed E-state index contributed by atoms with van der Waals surface area (Å²) in [4.78, 5) is 14.1. The Balaban J connectivity index is 4.10. The van der Waals surface area contributed by atoms with Gasteiger partial charge in [0.05, 0.1) is 6.54 Å². The van der Waals surface area contributed by atoms with E-state index in [4.69, 9.17) is 5.73 Å². The van der Waals surface area contributed by atoms with Gasteiger partial charge in [0.1, 0.15) is 0 Å². The van der Waals surface area contributed by atoms with Crippen LogP contribution in [0.5, 0.6) is 0 Å². The third-order valence-corrected chi connectivity index (χ3v) is 3.27. The summed E-state index contributed by atoms with van der Waals surface area (Å²) in [6, 6.07) is 0.462. The summed E-state index contributed by atoms with van der Waals surface area (Å²) in [5.74, 6) is 0.750. The van der Waals surface area contributed by atoms with Crippen LogP contribution in [0.1, 0.15) is 47.0 Å². The third-order valence-electron chi connectivity index (χ3n) is 3.27. The summed E-state index contributed by atoms with van der Waals surface area (Å²) in [6.45, 7) is 11.3. The highest BCUT2D eigenvalue weighted by molar-refractivity contribution is 5.78. The number of rotatable bonds is 10. The van der Waals surface area contributed by atoms with Crippen molar-refractivity contribution in [2.75, 3.05) is 26.2 Å². The fraction of sp³-hybridized carbons (Fsp3) is 0.929. The quantitative estimate of drug-likeness (QED) is 0.625. The number of hydrogen-bond donors (Lipinski definition) is 2. The van der Waals surface area contributed by atoms with Crippen molar-refractivity contribution in [2.45, 2.75) is 53.0 Å². The minimum absolute atomic E-state index is 0.121. The van der Waals surface area contributed by atoms with Crippen LogP contribution >= 0.6 is 0 Å². The van der Waals surface area contributed by atoms with E-state index in [1.165, 1.54) is 0 Å². The minimum Gasteiger partial charge on any atom is -0.355 e. The average molecular weight is 257 g/mol. The molecule has 0 atom stereocenters. The largest absolute Gasteiger partial charge is 0.355 e. The molecule has 0 saturated carbocycles. The number of nitrogens with one attached hydrogen (secondary N) is 1. The Morgan fingerprint density at radius 3 is 2.33 bits per heavy atom. The van der Waals surface area contributed by atoms with Crippen molar-refractivity contribution in [1.82, 2.24) is 10.2 Å². The predicted molar refractivity (Wildman–Crippen MR) is 77.5 cm³/mol. The second kappa shape index (κ2) is 10.3. The summed E-state index contributed by atoms with van der Waals surface area (Å²) >= 11 is 0. The Bertz CT molecular complexity index is 215. The van der Waals surface area contributed by atoms with Gasteiger partial charge in [-0.3, -0.25) is 9.69 Å². The van der Waals surface area contributed by atoms with E-state index in [-0.39, 0.29) is 5.91 Å². The molecule has 4 nitrogen and oxygen atoms in total. The lowest BCUT2D eigenvalue weighted by Gasteiger charge is -2.29. The van der Waals surface area contributed by atoms with Crippen molar-refractivity contribution in [3.8, 4) is 0 Å². The van der Waals surface area contributed by atoms with Crippen LogP contribution in [0.15, 0.2) is 0 Å². The maximum absolute atomic E-state index is 11.9. The lowest BCUT2D eigenvalue weighted by atomic mass is 10.1. The van der Waals surface area contributed by atoms with Gasteiger partial charge >= 0.3 is 0 Å². The Morgan fingerprint density at radius 2 is 1.89 bits per heavy atom. The van der Waals surface area contributed by atoms with E-state index in [2.05, 4.69) is 37.9 Å². The number of carbonyl (C=O) groups excluding carboxylic acids is 1. The lowest BCUT2D eigenvalue weighted by Crippen LogP contribution is -2.45. The summed E-state index contributed by atoms with van der Waals surface area (Å²) in [5, 5.41) is 2.98. The first kappa shape index (κ1) is 17.4. The second-order valence-corrected chi connectivity index (χ2v) is 5.26. The van der Waals surface area contributed by atoms with E-state index >= 15 is 0 Å². The molecule has 18 heavy (non-hydrogen) atoms. The van der Waals surface area contributed by atoms with Gasteiger partial charge in [-0.15, -0.1) is 0 Å². The number of nitrogens with two attached hydrogens (primary N) is 1. The van der Waals surface area contributed by atoms with Crippen molar-refractivity contribution in [3.05, 3.63) is 0 Å². The molecule has 0 saturated heterocycles. The minimum atomic E-state index is 0.121. The van der Waals surface area contributed by atoms with Crippen molar-refractivity contribution < 1.29 is 4.79 Å². The molecule has 4 heteroatoms. The molecule has 1 amide bonds. The van der Waals surface area contributed by atoms with Gasteiger partial charge in [0.25, 0.3) is 0 Å². The van der Waals surface area contributed by atoms with Crippen LogP contribution in [0.3, 0.4) is 0 Å². The maximum atomic E-state index is 11.9. The standard InChI is InChI=1S/C14H31N3O/c1-5-13(6-2)17(10-8-15)11-14(18)16-9-7-12(3)4/h12-13H,5-11,15H2,1-4H3,(H,16,18). The van der Waals surface area contributed by atoms with E-state index < -0.39 is 0 Å². The summed E-state index contributed by atoms with van der Waals surface area (Å²) in [6.07, 6.45) is 3.17. The summed E-state index contributed by atoms with van der Waals surface area (Å²) in [7, 11) is 0. The van der Waals surface area contributed by atoms with Crippen LogP contribution < -0.4 is 11.1 Å². The van der Waals surface area contributed by atoms with Crippen LogP contribution in [-0.4, -0.2) is 43.0 Å². The van der Waals surface area contributed by atoms with Crippen LogP contribution in [0, 0.1) is 5.92 Å². The Morgan fingerprint density at radius 1 is 1.28 bits per heavy atom. The molecular formula is C14H31N3O. The zero-order valence-electron chi connectivity index (χ0n) is 12.5. The van der Waals surface area contributed by atoms with E-state index in [9.17, 15) is 4.79 Å². The van der Waals surface area contributed by atoms with Crippen LogP contribution in [0.25, 0.3) is 0 Å². The molecule has 0 aromatic heterocycles. The smallest absolute Gasteiger partial charge is 0.234 e. The molecule has 0 bridgehead atoms. The Kier molecular flexibility index (Phi) is 9.98. The zero-order chi connectivity index (χ0) is 14.0. The van der Waals surface area contributed by atoms with Gasteiger partial charge in [0.2, 0.25) is 5.91 Å². The topological polar surface area (TPSA) is 58.4 Å². The number of nitrogens with zero attached hydrogens (tertiary/aromatic N) is 1. The SMILES string of the molecule is CCC(CC)N(CCN)CC(=O)NCCC(C)C. The fourth-order valence-corrected chi connectivity index (χ4v) is 2.10. The first-order valence-electron chi connectivity index (χ1n) is 7.25. The number of carbonyl (C=O) groups is 1. The van der Waals surface area contributed by atoms with E-state index in [1.807, 2.05) is 0 Å². The molecule has 0 heterocycles. The molecule has 0 rings (SSSR count). The normalized spacial score (nSPS) is 11.6. The molecule has 0 spiro atoms. The Labute approximate surface area is 112 Å². The van der Waals surface area contributed by atoms with Crippen LogP contribution in [-0.2, 0) is 4.79 Å². The highest BCUT2D eigenvalue weighted by Gasteiger charge is 2.17. The molecular weight excluding hydrogens is 226 g/mol. The molecule has 0 aliphatic heterocycles. The highest BCUT2D eigenvalue weighted by Crippen LogP contribution is 2.07. The summed E-state index contributed by atoms with van der Waals surface area (Å²) in [5.41, 5.74) is 5.62. The zero-order valence-corrected chi connectivity index (χ0v) is 12.5. The van der Waals surface area contributed by atoms with Crippen molar-refractivity contribution >= 4 is 5.91 Å². The molecule has 0 unspecified atom stereocenters. The van der Waals surface area contributed by atoms with Crippen molar-refractivity contribution in [2.24, 2.45) is 11.7 Å². The molecule has 0 fully saturated rings. The first-order chi connectivity index (χ1) is 8.54. The van der Waals surface area contributed by atoms with Gasteiger partial charge in [-0.2, -0.15) is 0 Å². The molecule has 0 aromatic rings. The van der Waals surface area contributed by atoms with Gasteiger partial charge in [-0.25, -0.2) is 0 Å². The van der Waals surface area contributed by atoms with Gasteiger partial charge in [-0.1, -0.05) is 27.7 Å². The van der Waals surface area contributed by atoms with Gasteiger partial charge in [0.15, 0.2) is 0 Å². The van der Waals surface area contributed by atoms with Gasteiger partial charge in [0, 0.05) is 25.7 Å². The maximum Gasteiger partial charge on any atom is 0.234 e. The van der Waals surface area contributed by atoms with Crippen LogP contribution in [0.4, 0.5) is 0 Å².